The average Bonchev–Trinajstić information content (AvgIpc) is 2.70. The van der Waals surface area contributed by atoms with E-state index in [1.807, 2.05) is 13.0 Å². The number of anilines is 1. The first-order valence-electron chi connectivity index (χ1n) is 8.73. The minimum Gasteiger partial charge on any atom is -0.379 e. The number of hydrogen-bond acceptors (Lipinski definition) is 6. The third-order valence-corrected chi connectivity index (χ3v) is 7.76. The van der Waals surface area contributed by atoms with Crippen molar-refractivity contribution in [2.45, 2.75) is 23.6 Å². The second kappa shape index (κ2) is 8.25. The van der Waals surface area contributed by atoms with Crippen LogP contribution in [0.2, 0.25) is 5.15 Å². The summed E-state index contributed by atoms with van der Waals surface area (Å²) in [6, 6.07) is 13.5. The van der Waals surface area contributed by atoms with Crippen molar-refractivity contribution < 1.29 is 21.0 Å². The van der Waals surface area contributed by atoms with Crippen molar-refractivity contribution in [2.24, 2.45) is 0 Å². The fourth-order valence-corrected chi connectivity index (χ4v) is 5.16. The molecule has 30 heavy (non-hydrogen) atoms. The van der Waals surface area contributed by atoms with Crippen LogP contribution >= 0.6 is 11.6 Å². The van der Waals surface area contributed by atoms with Crippen LogP contribution in [0.25, 0.3) is 0 Å². The predicted octanol–water partition coefficient (Wildman–Crippen LogP) is 3.94. The lowest BCUT2D eigenvalue weighted by Gasteiger charge is -2.21. The van der Waals surface area contributed by atoms with E-state index in [0.29, 0.717) is 11.3 Å². The zero-order valence-electron chi connectivity index (χ0n) is 16.4. The van der Waals surface area contributed by atoms with Crippen molar-refractivity contribution in [3.63, 3.8) is 0 Å². The molecule has 7 nitrogen and oxygen atoms in total. The van der Waals surface area contributed by atoms with Crippen LogP contribution in [-0.4, -0.2) is 28.9 Å². The number of nitrogens with zero attached hydrogens (tertiary/aromatic N) is 2. The van der Waals surface area contributed by atoms with Crippen molar-refractivity contribution >= 4 is 37.4 Å². The predicted molar refractivity (Wildman–Crippen MR) is 115 cm³/mol. The van der Waals surface area contributed by atoms with Crippen LogP contribution in [0.1, 0.15) is 11.1 Å². The number of aromatic nitrogens is 1. The van der Waals surface area contributed by atoms with Crippen molar-refractivity contribution in [2.75, 3.05) is 11.4 Å². The summed E-state index contributed by atoms with van der Waals surface area (Å²) < 4.78 is 56.9. The Morgan fingerprint density at radius 3 is 2.20 bits per heavy atom. The summed E-state index contributed by atoms with van der Waals surface area (Å²) in [6.07, 6.45) is 1.09. The Balaban J connectivity index is 1.84. The van der Waals surface area contributed by atoms with E-state index in [2.05, 4.69) is 4.98 Å². The normalized spacial score (nSPS) is 11.9. The third kappa shape index (κ3) is 4.58. The number of aryl methyl sites for hydroxylation is 2. The molecule has 0 bridgehead atoms. The van der Waals surface area contributed by atoms with Gasteiger partial charge in [0.25, 0.3) is 10.0 Å². The SMILES string of the molecule is Cc1ccc(C)c(S(=O)(=O)N(C)c2ccc(OS(=O)(=O)c3ccc(Cl)nc3)cc2)c1. The van der Waals surface area contributed by atoms with E-state index in [0.717, 1.165) is 16.1 Å². The van der Waals surface area contributed by atoms with Crippen molar-refractivity contribution in [1.82, 2.24) is 4.98 Å². The Kier molecular flexibility index (Phi) is 6.07. The summed E-state index contributed by atoms with van der Waals surface area (Å²) in [5.74, 6) is 0.0336. The molecule has 0 amide bonds. The van der Waals surface area contributed by atoms with Crippen molar-refractivity contribution in [3.8, 4) is 5.75 Å². The van der Waals surface area contributed by atoms with Gasteiger partial charge in [0.1, 0.15) is 15.8 Å². The molecule has 0 aliphatic rings. The van der Waals surface area contributed by atoms with E-state index in [9.17, 15) is 16.8 Å². The first-order valence-corrected chi connectivity index (χ1v) is 12.0. The van der Waals surface area contributed by atoms with E-state index in [1.54, 1.807) is 19.1 Å². The average molecular weight is 467 g/mol. The van der Waals surface area contributed by atoms with Crippen LogP contribution in [0.3, 0.4) is 0 Å². The fourth-order valence-electron chi connectivity index (χ4n) is 2.67. The number of sulfonamides is 1. The molecule has 10 heteroatoms. The summed E-state index contributed by atoms with van der Waals surface area (Å²) in [5.41, 5.74) is 1.82. The highest BCUT2D eigenvalue weighted by atomic mass is 35.5. The first kappa shape index (κ1) is 22.1. The highest BCUT2D eigenvalue weighted by Crippen LogP contribution is 2.27. The van der Waals surface area contributed by atoms with Crippen LogP contribution in [-0.2, 0) is 20.1 Å². The van der Waals surface area contributed by atoms with Gasteiger partial charge in [-0.2, -0.15) is 8.42 Å². The minimum atomic E-state index is -4.10. The molecule has 1 heterocycles. The first-order chi connectivity index (χ1) is 14.0. The highest BCUT2D eigenvalue weighted by molar-refractivity contribution is 7.92. The van der Waals surface area contributed by atoms with E-state index >= 15 is 0 Å². The molecule has 0 aliphatic heterocycles. The standard InChI is InChI=1S/C20H19ClN2O5S2/c1-14-4-5-15(2)19(12-14)29(24,25)23(3)16-6-8-17(9-7-16)28-30(26,27)18-10-11-20(21)22-13-18/h4-13H,1-3H3. The van der Waals surface area contributed by atoms with Crippen molar-refractivity contribution in [1.29, 1.82) is 0 Å². The lowest BCUT2D eigenvalue weighted by atomic mass is 10.2. The maximum atomic E-state index is 13.0. The summed E-state index contributed by atoms with van der Waals surface area (Å²) in [5, 5.41) is 0.159. The molecule has 0 saturated carbocycles. The topological polar surface area (TPSA) is 93.6 Å². The van der Waals surface area contributed by atoms with Gasteiger partial charge in [-0.15, -0.1) is 0 Å². The molecule has 0 unspecified atom stereocenters. The summed E-state index contributed by atoms with van der Waals surface area (Å²) in [4.78, 5) is 3.79. The van der Waals surface area contributed by atoms with Gasteiger partial charge in [-0.25, -0.2) is 13.4 Å². The molecule has 3 rings (SSSR count). The van der Waals surface area contributed by atoms with Gasteiger partial charge in [-0.1, -0.05) is 23.7 Å². The molecule has 0 spiro atoms. The van der Waals surface area contributed by atoms with Crippen molar-refractivity contribution in [3.05, 3.63) is 77.1 Å². The molecule has 3 aromatic rings. The van der Waals surface area contributed by atoms with Crippen LogP contribution in [0, 0.1) is 13.8 Å². The maximum absolute atomic E-state index is 13.0. The zero-order valence-corrected chi connectivity index (χ0v) is 18.8. The number of halogens is 1. The van der Waals surface area contributed by atoms with Gasteiger partial charge >= 0.3 is 10.1 Å². The van der Waals surface area contributed by atoms with E-state index in [1.165, 1.54) is 43.4 Å². The number of rotatable bonds is 6. The molecular weight excluding hydrogens is 448 g/mol. The Morgan fingerprint density at radius 1 is 0.933 bits per heavy atom. The van der Waals surface area contributed by atoms with Gasteiger partial charge in [0.05, 0.1) is 16.8 Å². The monoisotopic (exact) mass is 466 g/mol. The summed E-state index contributed by atoms with van der Waals surface area (Å²) >= 11 is 5.67. The van der Waals surface area contributed by atoms with Crippen LogP contribution in [0.15, 0.2) is 70.6 Å². The van der Waals surface area contributed by atoms with Gasteiger partial charge < -0.3 is 4.18 Å². The van der Waals surface area contributed by atoms with Crippen LogP contribution in [0.4, 0.5) is 5.69 Å². The molecule has 158 valence electrons. The van der Waals surface area contributed by atoms with E-state index in [4.69, 9.17) is 15.8 Å². The molecule has 0 fully saturated rings. The zero-order chi connectivity index (χ0) is 22.1. The number of benzene rings is 2. The smallest absolute Gasteiger partial charge is 0.340 e. The highest BCUT2D eigenvalue weighted by Gasteiger charge is 2.24. The molecular formula is C20H19ClN2O5S2. The minimum absolute atomic E-state index is 0.0336. The third-order valence-electron chi connectivity index (χ3n) is 4.38. The van der Waals surface area contributed by atoms with E-state index in [-0.39, 0.29) is 20.7 Å². The molecule has 0 radical (unpaired) electrons. The molecule has 0 saturated heterocycles. The van der Waals surface area contributed by atoms with E-state index < -0.39 is 20.1 Å². The van der Waals surface area contributed by atoms with Gasteiger partial charge in [0.15, 0.2) is 0 Å². The Morgan fingerprint density at radius 2 is 1.60 bits per heavy atom. The molecule has 0 N–H and O–H groups in total. The maximum Gasteiger partial charge on any atom is 0.340 e. The quantitative estimate of drug-likeness (QED) is 0.403. The second-order valence-electron chi connectivity index (χ2n) is 6.59. The fraction of sp³-hybridized carbons (Fsp3) is 0.150. The lowest BCUT2D eigenvalue weighted by molar-refractivity contribution is 0.485. The number of pyridine rings is 1. The van der Waals surface area contributed by atoms with Crippen LogP contribution < -0.4 is 8.49 Å². The molecule has 0 aliphatic carbocycles. The van der Waals surface area contributed by atoms with Gasteiger partial charge in [0, 0.05) is 7.05 Å². The Bertz CT molecular complexity index is 1270. The number of hydrogen-bond donors (Lipinski definition) is 0. The summed E-state index contributed by atoms with van der Waals surface area (Å²) in [6.45, 7) is 3.55. The molecule has 0 atom stereocenters. The van der Waals surface area contributed by atoms with Gasteiger partial charge in [-0.05, 0) is 67.4 Å². The lowest BCUT2D eigenvalue weighted by Crippen LogP contribution is -2.27. The van der Waals surface area contributed by atoms with Gasteiger partial charge in [0.2, 0.25) is 0 Å². The van der Waals surface area contributed by atoms with Gasteiger partial charge in [-0.3, -0.25) is 4.31 Å². The summed E-state index contributed by atoms with van der Waals surface area (Å²) in [7, 11) is -6.45. The second-order valence-corrected chi connectivity index (χ2v) is 10.5. The Hall–Kier alpha value is -2.62. The Labute approximate surface area is 181 Å². The molecule has 2 aromatic carbocycles. The van der Waals surface area contributed by atoms with Crippen LogP contribution in [0.5, 0.6) is 5.75 Å². The largest absolute Gasteiger partial charge is 0.379 e. The molecule has 1 aromatic heterocycles.